The average molecular weight is 252 g/mol. The summed E-state index contributed by atoms with van der Waals surface area (Å²) in [4.78, 5) is 2.39. The van der Waals surface area contributed by atoms with Crippen LogP contribution in [-0.2, 0) is 5.75 Å². The Hall–Kier alpha value is -0.510. The van der Waals surface area contributed by atoms with Crippen molar-refractivity contribution in [3.8, 4) is 0 Å². The Bertz CT molecular complexity index is 282. The molecule has 1 fully saturated rings. The fourth-order valence-electron chi connectivity index (χ4n) is 1.66. The molecule has 0 amide bonds. The molecule has 1 aliphatic heterocycles. The third-order valence-electron chi connectivity index (χ3n) is 2.72. The van der Waals surface area contributed by atoms with Crippen molar-refractivity contribution >= 4 is 11.9 Å². The highest BCUT2D eigenvalue weighted by molar-refractivity contribution is 7.96. The first-order chi connectivity index (χ1) is 8.34. The van der Waals surface area contributed by atoms with Gasteiger partial charge in [0.2, 0.25) is 0 Å². The van der Waals surface area contributed by atoms with Crippen LogP contribution in [0.15, 0.2) is 30.3 Å². The molecule has 1 heterocycles. The van der Waals surface area contributed by atoms with E-state index in [-0.39, 0.29) is 0 Å². The Morgan fingerprint density at radius 2 is 1.59 bits per heavy atom. The summed E-state index contributed by atoms with van der Waals surface area (Å²) in [6.45, 7) is 8.77. The number of nitrogens with zero attached hydrogens (tertiary/aromatic N) is 2. The highest BCUT2D eigenvalue weighted by atomic mass is 32.2. The molecule has 1 aromatic rings. The summed E-state index contributed by atoms with van der Waals surface area (Å²) in [7, 11) is 2.19. The van der Waals surface area contributed by atoms with E-state index in [9.17, 15) is 0 Å². The topological polar surface area (TPSA) is 6.48 Å². The van der Waals surface area contributed by atoms with Gasteiger partial charge in [-0.15, -0.1) is 0 Å². The number of benzene rings is 1. The molecule has 0 saturated carbocycles. The summed E-state index contributed by atoms with van der Waals surface area (Å²) in [6, 6.07) is 10.7. The van der Waals surface area contributed by atoms with E-state index >= 15 is 0 Å². The molecule has 1 aromatic carbocycles. The zero-order valence-electron chi connectivity index (χ0n) is 11.2. The summed E-state index contributed by atoms with van der Waals surface area (Å²) in [5.74, 6) is 1.10. The smallest absolute Gasteiger partial charge is 0.0332 e. The minimum absolute atomic E-state index is 1.10. The third-order valence-corrected chi connectivity index (χ3v) is 3.91. The molecule has 0 unspecified atom stereocenters. The van der Waals surface area contributed by atoms with Crippen molar-refractivity contribution in [3.63, 3.8) is 0 Å². The predicted molar refractivity (Wildman–Crippen MR) is 78.2 cm³/mol. The fourth-order valence-corrected chi connectivity index (χ4v) is 2.60. The molecule has 17 heavy (non-hydrogen) atoms. The molecule has 0 bridgehead atoms. The predicted octanol–water partition coefficient (Wildman–Crippen LogP) is 3.11. The molecule has 3 heteroatoms. The van der Waals surface area contributed by atoms with Gasteiger partial charge in [0.05, 0.1) is 0 Å². The van der Waals surface area contributed by atoms with Gasteiger partial charge in [-0.2, -0.15) is 0 Å². The second-order valence-corrected chi connectivity index (χ2v) is 5.05. The van der Waals surface area contributed by atoms with E-state index in [1.807, 2.05) is 25.8 Å². The lowest BCUT2D eigenvalue weighted by molar-refractivity contribution is 0.233. The highest BCUT2D eigenvalue weighted by Crippen LogP contribution is 2.18. The normalized spacial score (nSPS) is 17.4. The lowest BCUT2D eigenvalue weighted by atomic mass is 10.2. The van der Waals surface area contributed by atoms with E-state index in [4.69, 9.17) is 0 Å². The molecule has 0 radical (unpaired) electrons. The second kappa shape index (κ2) is 8.56. The van der Waals surface area contributed by atoms with Crippen molar-refractivity contribution in [2.75, 3.05) is 33.2 Å². The maximum absolute atomic E-state index is 2.48. The first-order valence-electron chi connectivity index (χ1n) is 6.45. The van der Waals surface area contributed by atoms with Crippen LogP contribution in [0.3, 0.4) is 0 Å². The Balaban J connectivity index is 0.000000686. The minimum atomic E-state index is 1.10. The van der Waals surface area contributed by atoms with Crippen LogP contribution < -0.4 is 0 Å². The number of hydrogen-bond acceptors (Lipinski definition) is 3. The van der Waals surface area contributed by atoms with Crippen LogP contribution in [0.25, 0.3) is 0 Å². The molecule has 0 aliphatic carbocycles. The van der Waals surface area contributed by atoms with Gasteiger partial charge >= 0.3 is 0 Å². The van der Waals surface area contributed by atoms with Crippen LogP contribution in [0.2, 0.25) is 0 Å². The van der Waals surface area contributed by atoms with Gasteiger partial charge < -0.3 is 4.90 Å². The highest BCUT2D eigenvalue weighted by Gasteiger charge is 2.13. The van der Waals surface area contributed by atoms with E-state index in [1.54, 1.807) is 0 Å². The first kappa shape index (κ1) is 14.6. The van der Waals surface area contributed by atoms with Gasteiger partial charge in [-0.3, -0.25) is 0 Å². The zero-order chi connectivity index (χ0) is 12.5. The Morgan fingerprint density at radius 1 is 1.00 bits per heavy atom. The molecule has 2 rings (SSSR count). The van der Waals surface area contributed by atoms with E-state index in [0.29, 0.717) is 0 Å². The van der Waals surface area contributed by atoms with E-state index in [2.05, 4.69) is 46.6 Å². The minimum Gasteiger partial charge on any atom is -0.304 e. The van der Waals surface area contributed by atoms with Crippen molar-refractivity contribution in [1.82, 2.24) is 9.21 Å². The van der Waals surface area contributed by atoms with Crippen LogP contribution in [0.1, 0.15) is 19.4 Å². The number of likely N-dealkylation sites (N-methyl/N-ethyl adjacent to an activating group) is 1. The van der Waals surface area contributed by atoms with Crippen molar-refractivity contribution in [1.29, 1.82) is 0 Å². The van der Waals surface area contributed by atoms with E-state index < -0.39 is 0 Å². The largest absolute Gasteiger partial charge is 0.304 e. The van der Waals surface area contributed by atoms with Gasteiger partial charge in [0.25, 0.3) is 0 Å². The molecule has 0 spiro atoms. The Kier molecular flexibility index (Phi) is 7.33. The molecule has 2 nitrogen and oxygen atoms in total. The average Bonchev–Trinajstić information content (AvgIpc) is 2.42. The number of rotatable bonds is 3. The summed E-state index contributed by atoms with van der Waals surface area (Å²) in [6.07, 6.45) is 0. The van der Waals surface area contributed by atoms with Gasteiger partial charge in [0.1, 0.15) is 0 Å². The zero-order valence-corrected chi connectivity index (χ0v) is 12.0. The van der Waals surface area contributed by atoms with Gasteiger partial charge in [-0.25, -0.2) is 4.31 Å². The molecular formula is C14H24N2S. The molecule has 1 saturated heterocycles. The van der Waals surface area contributed by atoms with Gasteiger partial charge in [0.15, 0.2) is 0 Å². The lowest BCUT2D eigenvalue weighted by Crippen LogP contribution is -2.41. The second-order valence-electron chi connectivity index (χ2n) is 3.99. The van der Waals surface area contributed by atoms with Gasteiger partial charge in [-0.1, -0.05) is 56.1 Å². The van der Waals surface area contributed by atoms with E-state index in [1.165, 1.54) is 31.7 Å². The quantitative estimate of drug-likeness (QED) is 0.763. The standard InChI is InChI=1S/C12H18N2S.C2H6/c1-13-7-9-14(10-8-13)15-11-12-5-3-2-4-6-12;1-2/h2-6H,7-11H2,1H3;1-2H3. The van der Waals surface area contributed by atoms with Crippen molar-refractivity contribution in [2.45, 2.75) is 19.6 Å². The third kappa shape index (κ3) is 5.57. The summed E-state index contributed by atoms with van der Waals surface area (Å²) in [5, 5.41) is 0. The lowest BCUT2D eigenvalue weighted by Gasteiger charge is -2.31. The van der Waals surface area contributed by atoms with Crippen molar-refractivity contribution in [2.24, 2.45) is 0 Å². The molecule has 1 aliphatic rings. The first-order valence-corrected chi connectivity index (χ1v) is 7.39. The number of hydrogen-bond donors (Lipinski definition) is 0. The van der Waals surface area contributed by atoms with Crippen LogP contribution in [0, 0.1) is 0 Å². The molecule has 0 N–H and O–H groups in total. The van der Waals surface area contributed by atoms with Crippen LogP contribution in [-0.4, -0.2) is 42.4 Å². The van der Waals surface area contributed by atoms with Crippen molar-refractivity contribution in [3.05, 3.63) is 35.9 Å². The molecule has 0 atom stereocenters. The van der Waals surface area contributed by atoms with Gasteiger partial charge in [0, 0.05) is 31.9 Å². The van der Waals surface area contributed by atoms with Gasteiger partial charge in [-0.05, 0) is 12.6 Å². The molecule has 96 valence electrons. The summed E-state index contributed by atoms with van der Waals surface area (Å²) in [5.41, 5.74) is 1.42. The molecule has 0 aromatic heterocycles. The number of piperazine rings is 1. The van der Waals surface area contributed by atoms with Crippen LogP contribution in [0.4, 0.5) is 0 Å². The summed E-state index contributed by atoms with van der Waals surface area (Å²) < 4.78 is 2.48. The van der Waals surface area contributed by atoms with Crippen LogP contribution in [0.5, 0.6) is 0 Å². The maximum atomic E-state index is 2.48. The monoisotopic (exact) mass is 252 g/mol. The Morgan fingerprint density at radius 3 is 2.18 bits per heavy atom. The Labute approximate surface area is 110 Å². The van der Waals surface area contributed by atoms with Crippen molar-refractivity contribution < 1.29 is 0 Å². The SMILES string of the molecule is CC.CN1CCN(SCc2ccccc2)CC1. The maximum Gasteiger partial charge on any atom is 0.0332 e. The summed E-state index contributed by atoms with van der Waals surface area (Å²) >= 11 is 1.96. The molecular weight excluding hydrogens is 228 g/mol. The van der Waals surface area contributed by atoms with Crippen LogP contribution >= 0.6 is 11.9 Å². The fraction of sp³-hybridized carbons (Fsp3) is 0.571. The van der Waals surface area contributed by atoms with E-state index in [0.717, 1.165) is 5.75 Å².